The van der Waals surface area contributed by atoms with Gasteiger partial charge in [0.15, 0.2) is 0 Å². The smallest absolute Gasteiger partial charge is 0.123 e. The van der Waals surface area contributed by atoms with Crippen LogP contribution in [0.25, 0.3) is 77.2 Å². The Bertz CT molecular complexity index is 3490. The van der Waals surface area contributed by atoms with Gasteiger partial charge in [-0.3, -0.25) is 0 Å². The van der Waals surface area contributed by atoms with Crippen LogP contribution < -0.4 is 4.90 Å². The molecule has 0 atom stereocenters. The van der Waals surface area contributed by atoms with Gasteiger partial charge in [-0.05, 0) is 166 Å². The van der Waals surface area contributed by atoms with E-state index in [0.29, 0.717) is 0 Å². The van der Waals surface area contributed by atoms with Crippen molar-refractivity contribution in [1.82, 2.24) is 0 Å². The van der Waals surface area contributed by atoms with Crippen molar-refractivity contribution in [2.45, 2.75) is 38.5 Å². The average molecular weight is 824 g/mol. The maximum Gasteiger partial charge on any atom is 0.123 e. The first-order valence-electron chi connectivity index (χ1n) is 22.4. The molecule has 0 heterocycles. The molecule has 306 valence electrons. The first kappa shape index (κ1) is 38.2. The first-order chi connectivity index (χ1) is 31.2. The molecule has 12 rings (SSSR count). The highest BCUT2D eigenvalue weighted by Crippen LogP contribution is 2.54. The van der Waals surface area contributed by atoms with Gasteiger partial charge >= 0.3 is 0 Å². The predicted molar refractivity (Wildman–Crippen MR) is 268 cm³/mol. The topological polar surface area (TPSA) is 3.24 Å². The average Bonchev–Trinajstić information content (AvgIpc) is 3.70. The summed E-state index contributed by atoms with van der Waals surface area (Å²) in [7, 11) is 0. The number of hydrogen-bond donors (Lipinski definition) is 0. The van der Waals surface area contributed by atoms with E-state index in [4.69, 9.17) is 0 Å². The zero-order valence-electron chi connectivity index (χ0n) is 36.5. The Morgan fingerprint density at radius 2 is 0.719 bits per heavy atom. The van der Waals surface area contributed by atoms with Crippen molar-refractivity contribution in [3.05, 3.63) is 234 Å². The minimum Gasteiger partial charge on any atom is -0.311 e. The second kappa shape index (κ2) is 14.2. The summed E-state index contributed by atoms with van der Waals surface area (Å²) in [5.41, 5.74) is 20.7. The Balaban J connectivity index is 1.07. The van der Waals surface area contributed by atoms with Crippen LogP contribution in [0.3, 0.4) is 0 Å². The monoisotopic (exact) mass is 823 g/mol. The third-order valence-electron chi connectivity index (χ3n) is 14.3. The van der Waals surface area contributed by atoms with E-state index in [1.165, 1.54) is 100 Å². The van der Waals surface area contributed by atoms with E-state index in [1.54, 1.807) is 0 Å². The number of benzene rings is 10. The highest BCUT2D eigenvalue weighted by atomic mass is 19.1. The lowest BCUT2D eigenvalue weighted by atomic mass is 9.79. The van der Waals surface area contributed by atoms with E-state index < -0.39 is 0 Å². The van der Waals surface area contributed by atoms with Crippen molar-refractivity contribution in [3.8, 4) is 55.6 Å². The summed E-state index contributed by atoms with van der Waals surface area (Å²) in [6, 6.07) is 74.0. The van der Waals surface area contributed by atoms with Gasteiger partial charge < -0.3 is 4.90 Å². The number of para-hydroxylation sites is 1. The molecule has 0 unspecified atom stereocenters. The maximum atomic E-state index is 14.1. The molecule has 0 aromatic heterocycles. The van der Waals surface area contributed by atoms with E-state index in [9.17, 15) is 4.39 Å². The van der Waals surface area contributed by atoms with Crippen LogP contribution in [0.2, 0.25) is 0 Å². The second-order valence-electron chi connectivity index (χ2n) is 18.6. The normalized spacial score (nSPS) is 14.0. The van der Waals surface area contributed by atoms with Crippen LogP contribution in [0, 0.1) is 5.82 Å². The molecule has 0 radical (unpaired) electrons. The summed E-state index contributed by atoms with van der Waals surface area (Å²) in [5, 5.41) is 4.95. The van der Waals surface area contributed by atoms with Crippen molar-refractivity contribution in [3.63, 3.8) is 0 Å². The van der Waals surface area contributed by atoms with Crippen LogP contribution in [0.4, 0.5) is 21.5 Å². The van der Waals surface area contributed by atoms with Gasteiger partial charge in [0.1, 0.15) is 5.82 Å². The molecule has 10 aromatic rings. The van der Waals surface area contributed by atoms with E-state index >= 15 is 0 Å². The Hall–Kier alpha value is -7.55. The number of fused-ring (bicyclic) bond motifs is 8. The fourth-order valence-corrected chi connectivity index (χ4v) is 11.1. The summed E-state index contributed by atoms with van der Waals surface area (Å²) < 4.78 is 14.1. The molecule has 64 heavy (non-hydrogen) atoms. The molecule has 0 aliphatic heterocycles. The van der Waals surface area contributed by atoms with Crippen LogP contribution in [0.5, 0.6) is 0 Å². The van der Waals surface area contributed by atoms with Crippen LogP contribution in [0.15, 0.2) is 206 Å². The molecule has 2 aliphatic rings. The summed E-state index contributed by atoms with van der Waals surface area (Å²) in [6.45, 7) is 9.46. The first-order valence-corrected chi connectivity index (χ1v) is 22.4. The van der Waals surface area contributed by atoms with Crippen LogP contribution >= 0.6 is 0 Å². The minimum atomic E-state index is -0.252. The molecule has 2 aliphatic carbocycles. The number of anilines is 3. The van der Waals surface area contributed by atoms with Crippen molar-refractivity contribution in [2.24, 2.45) is 0 Å². The van der Waals surface area contributed by atoms with Gasteiger partial charge in [0, 0.05) is 27.9 Å². The van der Waals surface area contributed by atoms with Crippen LogP contribution in [-0.4, -0.2) is 0 Å². The quantitative estimate of drug-likeness (QED) is 0.151. The number of nitrogens with zero attached hydrogens (tertiary/aromatic N) is 1. The van der Waals surface area contributed by atoms with Gasteiger partial charge in [-0.15, -0.1) is 0 Å². The summed E-state index contributed by atoms with van der Waals surface area (Å²) in [4.78, 5) is 2.17. The molecule has 0 amide bonds. The van der Waals surface area contributed by atoms with Gasteiger partial charge in [-0.2, -0.15) is 0 Å². The van der Waals surface area contributed by atoms with E-state index in [0.717, 1.165) is 28.2 Å². The predicted octanol–water partition coefficient (Wildman–Crippen LogP) is 17.2. The SMILES string of the molecule is CC1(C)c2ccccc2-c2ccc(-c3c4ccccc4c(-c4ccc5c(c4)C(C)(C)c4ccccc4-5)c4cc(-c5ccc(N(c6ccccc6)c6ccc(F)cc6)cc5)ccc34)cc21. The third kappa shape index (κ3) is 5.75. The zero-order chi connectivity index (χ0) is 43.3. The van der Waals surface area contributed by atoms with Crippen molar-refractivity contribution >= 4 is 38.6 Å². The fourth-order valence-electron chi connectivity index (χ4n) is 11.1. The Kier molecular flexibility index (Phi) is 8.49. The minimum absolute atomic E-state index is 0.117. The summed E-state index contributed by atoms with van der Waals surface area (Å²) >= 11 is 0. The van der Waals surface area contributed by atoms with Crippen LogP contribution in [0.1, 0.15) is 49.9 Å². The number of halogens is 1. The molecular weight excluding hydrogens is 778 g/mol. The maximum absolute atomic E-state index is 14.1. The zero-order valence-corrected chi connectivity index (χ0v) is 36.5. The summed E-state index contributed by atoms with van der Waals surface area (Å²) in [6.07, 6.45) is 0. The third-order valence-corrected chi connectivity index (χ3v) is 14.3. The fraction of sp³-hybridized carbons (Fsp3) is 0.0968. The second-order valence-corrected chi connectivity index (χ2v) is 18.6. The highest BCUT2D eigenvalue weighted by molar-refractivity contribution is 6.22. The Labute approximate surface area is 374 Å². The molecule has 0 saturated carbocycles. The van der Waals surface area contributed by atoms with E-state index in [-0.39, 0.29) is 16.6 Å². The number of hydrogen-bond acceptors (Lipinski definition) is 1. The molecular formula is C62H46FN. The van der Waals surface area contributed by atoms with E-state index in [2.05, 4.69) is 196 Å². The lowest BCUT2D eigenvalue weighted by Gasteiger charge is -2.25. The standard InChI is InChI=1S/C62H46FN/c1-61(2)55-20-12-10-16-47(55)49-33-25-41(37-57(49)61)59-51-18-8-9-19-52(51)60(42-26-34-50-48-17-11-13-21-56(48)62(3,4)58(50)38-42)54-36-40(24-35-53(54)59)39-22-29-45(30-23-39)64(44-14-6-5-7-15-44)46-31-27-43(63)28-32-46/h5-38H,1-4H3. The molecule has 1 nitrogen and oxygen atoms in total. The Morgan fingerprint density at radius 3 is 1.28 bits per heavy atom. The van der Waals surface area contributed by atoms with Gasteiger partial charge in [0.2, 0.25) is 0 Å². The van der Waals surface area contributed by atoms with Gasteiger partial charge in [0.25, 0.3) is 0 Å². The molecule has 0 fully saturated rings. The van der Waals surface area contributed by atoms with Gasteiger partial charge in [-0.1, -0.05) is 167 Å². The lowest BCUT2D eigenvalue weighted by molar-refractivity contribution is 0.628. The molecule has 0 N–H and O–H groups in total. The molecule has 2 heteroatoms. The van der Waals surface area contributed by atoms with Crippen molar-refractivity contribution in [2.75, 3.05) is 4.90 Å². The van der Waals surface area contributed by atoms with E-state index in [1.807, 2.05) is 30.3 Å². The molecule has 0 spiro atoms. The van der Waals surface area contributed by atoms with Crippen molar-refractivity contribution in [1.29, 1.82) is 0 Å². The highest BCUT2D eigenvalue weighted by Gasteiger charge is 2.37. The Morgan fingerprint density at radius 1 is 0.312 bits per heavy atom. The van der Waals surface area contributed by atoms with Gasteiger partial charge in [0.05, 0.1) is 0 Å². The molecule has 0 saturated heterocycles. The largest absolute Gasteiger partial charge is 0.311 e. The van der Waals surface area contributed by atoms with Crippen LogP contribution in [-0.2, 0) is 10.8 Å². The lowest BCUT2D eigenvalue weighted by Crippen LogP contribution is -2.15. The van der Waals surface area contributed by atoms with Gasteiger partial charge in [-0.25, -0.2) is 4.39 Å². The van der Waals surface area contributed by atoms with Crippen molar-refractivity contribution < 1.29 is 4.39 Å². The summed E-state index contributed by atoms with van der Waals surface area (Å²) in [5.74, 6) is -0.252. The molecule has 0 bridgehead atoms. The molecule has 10 aromatic carbocycles. The number of rotatable bonds is 6.